The topological polar surface area (TPSA) is 50.7 Å². The van der Waals surface area contributed by atoms with Crippen molar-refractivity contribution in [2.24, 2.45) is 0 Å². The van der Waals surface area contributed by atoms with E-state index >= 15 is 0 Å². The SMILES string of the molecule is COc1cc(CO)ccc1OC[C@@H]1CCCN1. The van der Waals surface area contributed by atoms with Crippen molar-refractivity contribution in [3.63, 3.8) is 0 Å². The van der Waals surface area contributed by atoms with Crippen molar-refractivity contribution in [1.82, 2.24) is 5.32 Å². The maximum absolute atomic E-state index is 9.04. The van der Waals surface area contributed by atoms with Gasteiger partial charge in [-0.05, 0) is 37.1 Å². The van der Waals surface area contributed by atoms with Crippen LogP contribution < -0.4 is 14.8 Å². The summed E-state index contributed by atoms with van der Waals surface area (Å²) in [6.45, 7) is 1.75. The van der Waals surface area contributed by atoms with Crippen LogP contribution in [0.3, 0.4) is 0 Å². The molecule has 0 saturated carbocycles. The van der Waals surface area contributed by atoms with Crippen molar-refractivity contribution in [3.8, 4) is 11.5 Å². The first-order chi connectivity index (χ1) is 8.33. The summed E-state index contributed by atoms with van der Waals surface area (Å²) in [5.41, 5.74) is 0.827. The van der Waals surface area contributed by atoms with Gasteiger partial charge in [0, 0.05) is 6.04 Å². The Morgan fingerprint density at radius 2 is 2.29 bits per heavy atom. The Bertz CT molecular complexity index is 362. The molecule has 0 bridgehead atoms. The average Bonchev–Trinajstić information content (AvgIpc) is 2.89. The van der Waals surface area contributed by atoms with Crippen LogP contribution in [0.15, 0.2) is 18.2 Å². The molecular formula is C13H19NO3. The van der Waals surface area contributed by atoms with E-state index in [0.717, 1.165) is 24.3 Å². The highest BCUT2D eigenvalue weighted by Crippen LogP contribution is 2.28. The van der Waals surface area contributed by atoms with Crippen molar-refractivity contribution >= 4 is 0 Å². The Hall–Kier alpha value is -1.26. The minimum absolute atomic E-state index is 0.0147. The van der Waals surface area contributed by atoms with Gasteiger partial charge in [-0.15, -0.1) is 0 Å². The maximum Gasteiger partial charge on any atom is 0.161 e. The molecule has 0 amide bonds. The highest BCUT2D eigenvalue weighted by Gasteiger charge is 2.15. The Morgan fingerprint density at radius 1 is 1.41 bits per heavy atom. The zero-order valence-corrected chi connectivity index (χ0v) is 10.1. The molecule has 0 radical (unpaired) electrons. The molecule has 2 rings (SSSR count). The predicted molar refractivity (Wildman–Crippen MR) is 65.4 cm³/mol. The van der Waals surface area contributed by atoms with Crippen LogP contribution in [0.5, 0.6) is 11.5 Å². The fourth-order valence-corrected chi connectivity index (χ4v) is 2.02. The van der Waals surface area contributed by atoms with E-state index < -0.39 is 0 Å². The van der Waals surface area contributed by atoms with Crippen molar-refractivity contribution in [2.45, 2.75) is 25.5 Å². The van der Waals surface area contributed by atoms with Gasteiger partial charge < -0.3 is 19.9 Å². The van der Waals surface area contributed by atoms with Crippen LogP contribution in [0, 0.1) is 0 Å². The van der Waals surface area contributed by atoms with Crippen LogP contribution in [0.4, 0.5) is 0 Å². The van der Waals surface area contributed by atoms with Gasteiger partial charge in [-0.2, -0.15) is 0 Å². The number of ether oxygens (including phenoxy) is 2. The summed E-state index contributed by atoms with van der Waals surface area (Å²) >= 11 is 0. The molecule has 94 valence electrons. The van der Waals surface area contributed by atoms with Crippen LogP contribution in [0.25, 0.3) is 0 Å². The number of hydrogen-bond acceptors (Lipinski definition) is 4. The van der Waals surface area contributed by atoms with Gasteiger partial charge in [0.15, 0.2) is 11.5 Å². The highest BCUT2D eigenvalue weighted by molar-refractivity contribution is 5.42. The molecule has 17 heavy (non-hydrogen) atoms. The van der Waals surface area contributed by atoms with E-state index in [9.17, 15) is 0 Å². The second-order valence-electron chi connectivity index (χ2n) is 4.25. The minimum Gasteiger partial charge on any atom is -0.493 e. The van der Waals surface area contributed by atoms with Crippen molar-refractivity contribution in [2.75, 3.05) is 20.3 Å². The summed E-state index contributed by atoms with van der Waals surface area (Å²) in [6.07, 6.45) is 2.38. The maximum atomic E-state index is 9.04. The second kappa shape index (κ2) is 5.89. The van der Waals surface area contributed by atoms with E-state index in [2.05, 4.69) is 5.32 Å². The third-order valence-electron chi connectivity index (χ3n) is 3.01. The van der Waals surface area contributed by atoms with Gasteiger partial charge in [0.05, 0.1) is 13.7 Å². The van der Waals surface area contributed by atoms with E-state index in [1.807, 2.05) is 12.1 Å². The Labute approximate surface area is 102 Å². The molecule has 4 heteroatoms. The largest absolute Gasteiger partial charge is 0.493 e. The average molecular weight is 237 g/mol. The molecule has 1 aromatic carbocycles. The normalized spacial score (nSPS) is 19.3. The Balaban J connectivity index is 1.98. The lowest BCUT2D eigenvalue weighted by molar-refractivity contribution is 0.260. The third kappa shape index (κ3) is 3.11. The number of methoxy groups -OCH3 is 1. The Morgan fingerprint density at radius 3 is 2.94 bits per heavy atom. The van der Waals surface area contributed by atoms with Gasteiger partial charge in [0.25, 0.3) is 0 Å². The summed E-state index contributed by atoms with van der Waals surface area (Å²) in [5, 5.41) is 12.4. The number of rotatable bonds is 5. The first kappa shape index (κ1) is 12.2. The fourth-order valence-electron chi connectivity index (χ4n) is 2.02. The molecule has 2 N–H and O–H groups in total. The van der Waals surface area contributed by atoms with Crippen LogP contribution in [0.1, 0.15) is 18.4 Å². The van der Waals surface area contributed by atoms with Gasteiger partial charge >= 0.3 is 0 Å². The monoisotopic (exact) mass is 237 g/mol. The molecule has 0 aromatic heterocycles. The van der Waals surface area contributed by atoms with E-state index in [1.165, 1.54) is 6.42 Å². The van der Waals surface area contributed by atoms with Crippen LogP contribution in [-0.4, -0.2) is 31.4 Å². The van der Waals surface area contributed by atoms with E-state index in [-0.39, 0.29) is 6.61 Å². The highest BCUT2D eigenvalue weighted by atomic mass is 16.5. The summed E-state index contributed by atoms with van der Waals surface area (Å²) in [5.74, 6) is 1.41. The number of nitrogens with one attached hydrogen (secondary N) is 1. The van der Waals surface area contributed by atoms with Gasteiger partial charge in [-0.3, -0.25) is 0 Å². The third-order valence-corrected chi connectivity index (χ3v) is 3.01. The predicted octanol–water partition coefficient (Wildman–Crippen LogP) is 1.32. The molecule has 1 heterocycles. The molecule has 1 aromatic rings. The summed E-state index contributed by atoms with van der Waals surface area (Å²) in [6, 6.07) is 5.94. The van der Waals surface area contributed by atoms with Crippen molar-refractivity contribution in [3.05, 3.63) is 23.8 Å². The zero-order chi connectivity index (χ0) is 12.1. The summed E-state index contributed by atoms with van der Waals surface area (Å²) in [7, 11) is 1.61. The van der Waals surface area contributed by atoms with E-state index in [0.29, 0.717) is 18.4 Å². The lowest BCUT2D eigenvalue weighted by Crippen LogP contribution is -2.28. The van der Waals surface area contributed by atoms with Crippen molar-refractivity contribution in [1.29, 1.82) is 0 Å². The Kier molecular flexibility index (Phi) is 4.23. The number of benzene rings is 1. The number of aliphatic hydroxyl groups is 1. The first-order valence-electron chi connectivity index (χ1n) is 5.97. The standard InChI is InChI=1S/C13H19NO3/c1-16-13-7-10(8-15)4-5-12(13)17-9-11-3-2-6-14-11/h4-5,7,11,14-15H,2-3,6,8-9H2,1H3/t11-/m0/s1. The molecule has 0 spiro atoms. The van der Waals surface area contributed by atoms with Crippen LogP contribution in [0.2, 0.25) is 0 Å². The van der Waals surface area contributed by atoms with Gasteiger partial charge in [0.1, 0.15) is 6.61 Å². The molecule has 1 fully saturated rings. The van der Waals surface area contributed by atoms with Gasteiger partial charge in [-0.25, -0.2) is 0 Å². The fraction of sp³-hybridized carbons (Fsp3) is 0.538. The molecule has 0 unspecified atom stereocenters. The molecule has 1 saturated heterocycles. The lowest BCUT2D eigenvalue weighted by Gasteiger charge is -2.15. The van der Waals surface area contributed by atoms with E-state index in [1.54, 1.807) is 13.2 Å². The van der Waals surface area contributed by atoms with Crippen molar-refractivity contribution < 1.29 is 14.6 Å². The van der Waals surface area contributed by atoms with Crippen LogP contribution in [-0.2, 0) is 6.61 Å². The second-order valence-corrected chi connectivity index (χ2v) is 4.25. The molecule has 0 aliphatic carbocycles. The summed E-state index contributed by atoms with van der Waals surface area (Å²) < 4.78 is 11.0. The first-order valence-corrected chi connectivity index (χ1v) is 5.97. The quantitative estimate of drug-likeness (QED) is 0.811. The molecule has 1 aliphatic rings. The lowest BCUT2D eigenvalue weighted by atomic mass is 10.2. The van der Waals surface area contributed by atoms with Gasteiger partial charge in [0.2, 0.25) is 0 Å². The van der Waals surface area contributed by atoms with Crippen LogP contribution >= 0.6 is 0 Å². The molecule has 1 aliphatic heterocycles. The summed E-state index contributed by atoms with van der Waals surface area (Å²) in [4.78, 5) is 0. The molecular weight excluding hydrogens is 218 g/mol. The number of aliphatic hydroxyl groups excluding tert-OH is 1. The minimum atomic E-state index is 0.0147. The number of hydrogen-bond donors (Lipinski definition) is 2. The smallest absolute Gasteiger partial charge is 0.161 e. The van der Waals surface area contributed by atoms with E-state index in [4.69, 9.17) is 14.6 Å². The zero-order valence-electron chi connectivity index (χ0n) is 10.1. The van der Waals surface area contributed by atoms with Gasteiger partial charge in [-0.1, -0.05) is 6.07 Å². The molecule has 4 nitrogen and oxygen atoms in total. The molecule has 1 atom stereocenters.